The lowest BCUT2D eigenvalue weighted by molar-refractivity contribution is 0.425. The minimum absolute atomic E-state index is 0.0628. The number of aryl methyl sites for hydroxylation is 1. The summed E-state index contributed by atoms with van der Waals surface area (Å²) in [4.78, 5) is 0.0963. The minimum atomic E-state index is -3.76. The Morgan fingerprint density at radius 3 is 2.10 bits per heavy atom. The molecule has 0 saturated heterocycles. The Kier molecular flexibility index (Phi) is 5.71. The largest absolute Gasteiger partial charge is 0.398 e. The average molecular weight is 306 g/mol. The lowest BCUT2D eigenvalue weighted by Gasteiger charge is -2.21. The Balaban J connectivity index is 3.22. The molecule has 0 aromatic heterocycles. The van der Waals surface area contributed by atoms with Crippen molar-refractivity contribution in [3.05, 3.63) is 23.3 Å². The summed E-state index contributed by atoms with van der Waals surface area (Å²) in [5.74, 6) is 0. The van der Waals surface area contributed by atoms with Gasteiger partial charge in [-0.3, -0.25) is 0 Å². The summed E-state index contributed by atoms with van der Waals surface area (Å²) >= 11 is 0. The number of benzene rings is 1. The number of nitrogen functional groups attached to an aromatic ring is 1. The number of nitriles is 2. The van der Waals surface area contributed by atoms with Crippen molar-refractivity contribution < 1.29 is 8.42 Å². The third-order valence-electron chi connectivity index (χ3n) is 3.26. The van der Waals surface area contributed by atoms with Crippen LogP contribution in [-0.4, -0.2) is 25.8 Å². The molecule has 0 spiro atoms. The molecule has 1 aromatic carbocycles. The van der Waals surface area contributed by atoms with Gasteiger partial charge in [0.05, 0.1) is 17.0 Å². The first kappa shape index (κ1) is 17.0. The van der Waals surface area contributed by atoms with Crippen LogP contribution in [0.25, 0.3) is 0 Å². The Labute approximate surface area is 125 Å². The molecule has 112 valence electrons. The first-order valence-corrected chi connectivity index (χ1v) is 7.89. The Hall–Kier alpha value is -2.09. The van der Waals surface area contributed by atoms with E-state index in [1.165, 1.54) is 6.07 Å². The molecule has 0 fully saturated rings. The number of sulfonamides is 1. The van der Waals surface area contributed by atoms with Crippen molar-refractivity contribution in [2.75, 3.05) is 18.8 Å². The third kappa shape index (κ3) is 3.94. The van der Waals surface area contributed by atoms with Gasteiger partial charge in [-0.05, 0) is 37.1 Å². The lowest BCUT2D eigenvalue weighted by Crippen LogP contribution is -2.33. The molecule has 0 aliphatic rings. The lowest BCUT2D eigenvalue weighted by atomic mass is 10.1. The van der Waals surface area contributed by atoms with Gasteiger partial charge in [0.25, 0.3) is 0 Å². The van der Waals surface area contributed by atoms with Crippen molar-refractivity contribution in [3.63, 3.8) is 0 Å². The number of nitrogens with zero attached hydrogens (tertiary/aromatic N) is 3. The zero-order chi connectivity index (χ0) is 16.0. The van der Waals surface area contributed by atoms with Crippen LogP contribution in [-0.2, 0) is 10.0 Å². The van der Waals surface area contributed by atoms with Gasteiger partial charge in [0.15, 0.2) is 0 Å². The van der Waals surface area contributed by atoms with E-state index in [0.717, 1.165) is 15.4 Å². The molecule has 7 heteroatoms. The molecule has 0 radical (unpaired) electrons. The molecular weight excluding hydrogens is 288 g/mol. The van der Waals surface area contributed by atoms with E-state index in [0.29, 0.717) is 5.69 Å². The van der Waals surface area contributed by atoms with Crippen molar-refractivity contribution >= 4 is 15.7 Å². The molecule has 21 heavy (non-hydrogen) atoms. The summed E-state index contributed by atoms with van der Waals surface area (Å²) in [5.41, 5.74) is 7.87. The average Bonchev–Trinajstić information content (AvgIpc) is 2.44. The SMILES string of the molecule is Cc1cc(S(=O)(=O)N(CCC#N)CCC#N)cc(N)c1C. The van der Waals surface area contributed by atoms with Gasteiger partial charge in [-0.25, -0.2) is 8.42 Å². The first-order valence-electron chi connectivity index (χ1n) is 6.45. The van der Waals surface area contributed by atoms with Gasteiger partial charge in [0, 0.05) is 31.6 Å². The second-order valence-corrected chi connectivity index (χ2v) is 6.61. The van der Waals surface area contributed by atoms with Crippen molar-refractivity contribution in [2.24, 2.45) is 0 Å². The second-order valence-electron chi connectivity index (χ2n) is 4.67. The predicted molar refractivity (Wildman–Crippen MR) is 79.5 cm³/mol. The van der Waals surface area contributed by atoms with Crippen LogP contribution in [0.1, 0.15) is 24.0 Å². The highest BCUT2D eigenvalue weighted by Crippen LogP contribution is 2.24. The van der Waals surface area contributed by atoms with Crippen LogP contribution in [0.2, 0.25) is 0 Å². The molecule has 2 N–H and O–H groups in total. The van der Waals surface area contributed by atoms with Crippen LogP contribution < -0.4 is 5.73 Å². The zero-order valence-electron chi connectivity index (χ0n) is 12.1. The van der Waals surface area contributed by atoms with E-state index in [-0.39, 0.29) is 30.8 Å². The molecule has 0 amide bonds. The number of anilines is 1. The highest BCUT2D eigenvalue weighted by Gasteiger charge is 2.24. The van der Waals surface area contributed by atoms with Crippen LogP contribution in [0.4, 0.5) is 5.69 Å². The number of nitrogens with two attached hydrogens (primary N) is 1. The van der Waals surface area contributed by atoms with Crippen LogP contribution >= 0.6 is 0 Å². The molecule has 0 atom stereocenters. The van der Waals surface area contributed by atoms with Crippen LogP contribution in [0.3, 0.4) is 0 Å². The molecule has 6 nitrogen and oxygen atoms in total. The Morgan fingerprint density at radius 2 is 1.67 bits per heavy atom. The molecular formula is C14H18N4O2S. The van der Waals surface area contributed by atoms with Crippen molar-refractivity contribution in [1.82, 2.24) is 4.31 Å². The van der Waals surface area contributed by atoms with E-state index in [4.69, 9.17) is 16.3 Å². The Morgan fingerprint density at radius 1 is 1.14 bits per heavy atom. The molecule has 0 unspecified atom stereocenters. The van der Waals surface area contributed by atoms with Crippen molar-refractivity contribution in [3.8, 4) is 12.1 Å². The summed E-state index contributed by atoms with van der Waals surface area (Å²) in [7, 11) is -3.76. The molecule has 1 rings (SSSR count). The standard InChI is InChI=1S/C14H18N4O2S/c1-11-9-13(10-14(17)12(11)2)21(19,20)18(7-3-5-15)8-4-6-16/h9-10H,3-4,7-8,17H2,1-2H3. The van der Waals surface area contributed by atoms with Gasteiger partial charge >= 0.3 is 0 Å². The fourth-order valence-electron chi connectivity index (χ4n) is 1.85. The maximum Gasteiger partial charge on any atom is 0.243 e. The monoisotopic (exact) mass is 306 g/mol. The maximum absolute atomic E-state index is 12.6. The quantitative estimate of drug-likeness (QED) is 0.804. The van der Waals surface area contributed by atoms with Crippen molar-refractivity contribution in [2.45, 2.75) is 31.6 Å². The van der Waals surface area contributed by atoms with E-state index in [1.807, 2.05) is 19.1 Å². The number of hydrogen-bond acceptors (Lipinski definition) is 5. The molecule has 0 aliphatic heterocycles. The Bertz CT molecular complexity index is 658. The molecule has 0 bridgehead atoms. The van der Waals surface area contributed by atoms with Gasteiger partial charge in [0.2, 0.25) is 10.0 Å². The highest BCUT2D eigenvalue weighted by molar-refractivity contribution is 7.89. The molecule has 0 saturated carbocycles. The maximum atomic E-state index is 12.6. The highest BCUT2D eigenvalue weighted by atomic mass is 32.2. The van der Waals surface area contributed by atoms with Gasteiger partial charge in [0.1, 0.15) is 0 Å². The van der Waals surface area contributed by atoms with Crippen LogP contribution in [0.15, 0.2) is 17.0 Å². The summed E-state index contributed by atoms with van der Waals surface area (Å²) < 4.78 is 26.4. The molecule has 0 heterocycles. The summed E-state index contributed by atoms with van der Waals surface area (Å²) in [6.07, 6.45) is 0.149. The van der Waals surface area contributed by atoms with Gasteiger partial charge in [-0.2, -0.15) is 14.8 Å². The van der Waals surface area contributed by atoms with Gasteiger partial charge in [-0.15, -0.1) is 0 Å². The first-order chi connectivity index (χ1) is 9.84. The minimum Gasteiger partial charge on any atom is -0.398 e. The zero-order valence-corrected chi connectivity index (χ0v) is 12.9. The van der Waals surface area contributed by atoms with E-state index < -0.39 is 10.0 Å². The van der Waals surface area contributed by atoms with E-state index >= 15 is 0 Å². The third-order valence-corrected chi connectivity index (χ3v) is 5.14. The normalized spacial score (nSPS) is 11.1. The van der Waals surface area contributed by atoms with Crippen LogP contribution in [0.5, 0.6) is 0 Å². The van der Waals surface area contributed by atoms with Gasteiger partial charge < -0.3 is 5.73 Å². The number of hydrogen-bond donors (Lipinski definition) is 1. The van der Waals surface area contributed by atoms with Crippen LogP contribution in [0, 0.1) is 36.5 Å². The summed E-state index contributed by atoms with van der Waals surface area (Å²) in [6.45, 7) is 3.74. The van der Waals surface area contributed by atoms with Gasteiger partial charge in [-0.1, -0.05) is 0 Å². The summed E-state index contributed by atoms with van der Waals surface area (Å²) in [5, 5.41) is 17.3. The molecule has 0 aliphatic carbocycles. The predicted octanol–water partition coefficient (Wildman–Crippen LogP) is 1.70. The van der Waals surface area contributed by atoms with E-state index in [1.54, 1.807) is 13.0 Å². The smallest absolute Gasteiger partial charge is 0.243 e. The van der Waals surface area contributed by atoms with E-state index in [9.17, 15) is 8.42 Å². The van der Waals surface area contributed by atoms with E-state index in [2.05, 4.69) is 0 Å². The second kappa shape index (κ2) is 7.07. The fourth-order valence-corrected chi connectivity index (χ4v) is 3.42. The van der Waals surface area contributed by atoms with Crippen molar-refractivity contribution in [1.29, 1.82) is 10.5 Å². The topological polar surface area (TPSA) is 111 Å². The fraction of sp³-hybridized carbons (Fsp3) is 0.429. The molecule has 1 aromatic rings. The number of rotatable bonds is 6. The summed E-state index contributed by atoms with van der Waals surface area (Å²) in [6, 6.07) is 6.81.